The van der Waals surface area contributed by atoms with Crippen LogP contribution >= 0.6 is 0 Å². The summed E-state index contributed by atoms with van der Waals surface area (Å²) < 4.78 is 4.86. The molecule has 1 aliphatic rings. The van der Waals surface area contributed by atoms with Crippen LogP contribution in [-0.4, -0.2) is 67.6 Å². The van der Waals surface area contributed by atoms with Crippen molar-refractivity contribution in [1.29, 1.82) is 0 Å². The number of likely N-dealkylation sites (N-methyl/N-ethyl adjacent to an activating group) is 1. The summed E-state index contributed by atoms with van der Waals surface area (Å²) in [7, 11) is 3.33. The molecule has 1 fully saturated rings. The molecule has 1 heterocycles. The van der Waals surface area contributed by atoms with Gasteiger partial charge in [-0.25, -0.2) is 0 Å². The highest BCUT2D eigenvalue weighted by Crippen LogP contribution is 2.19. The van der Waals surface area contributed by atoms with Gasteiger partial charge >= 0.3 is 0 Å². The molecule has 6 heteroatoms. The number of ether oxygens (including phenoxy) is 1. The van der Waals surface area contributed by atoms with E-state index in [9.17, 15) is 9.59 Å². The summed E-state index contributed by atoms with van der Waals surface area (Å²) in [6.45, 7) is 6.77. The first kappa shape index (κ1) is 21.4. The first-order valence-corrected chi connectivity index (χ1v) is 9.73. The van der Waals surface area contributed by atoms with E-state index in [4.69, 9.17) is 4.74 Å². The Hall–Kier alpha value is -1.92. The van der Waals surface area contributed by atoms with Gasteiger partial charge in [0, 0.05) is 39.8 Å². The van der Waals surface area contributed by atoms with Crippen LogP contribution in [0.4, 0.5) is 0 Å². The Kier molecular flexibility index (Phi) is 8.25. The van der Waals surface area contributed by atoms with Crippen LogP contribution in [0.15, 0.2) is 30.3 Å². The fourth-order valence-corrected chi connectivity index (χ4v) is 3.57. The first-order valence-electron chi connectivity index (χ1n) is 9.73. The number of likely N-dealkylation sites (tertiary alicyclic amines) is 1. The minimum atomic E-state index is -0.514. The topological polar surface area (TPSA) is 61.9 Å². The van der Waals surface area contributed by atoms with E-state index in [1.807, 2.05) is 31.9 Å². The standard InChI is InChI=1S/C21H33N3O3/c1-16(2)20(22-19(25)15-27-4)21(26)23(3)18-10-12-24(13-11-18)14-17-8-6-5-7-9-17/h5-9,16,18,20H,10-15H2,1-4H3,(H,22,25)/t20-/m0/s1. The Morgan fingerprint density at radius 1 is 1.22 bits per heavy atom. The van der Waals surface area contributed by atoms with Gasteiger partial charge in [0.2, 0.25) is 11.8 Å². The van der Waals surface area contributed by atoms with Gasteiger partial charge in [-0.15, -0.1) is 0 Å². The zero-order valence-electron chi connectivity index (χ0n) is 17.0. The van der Waals surface area contributed by atoms with Crippen molar-refractivity contribution in [1.82, 2.24) is 15.1 Å². The van der Waals surface area contributed by atoms with Crippen molar-refractivity contribution >= 4 is 11.8 Å². The van der Waals surface area contributed by atoms with Crippen molar-refractivity contribution in [2.24, 2.45) is 5.92 Å². The molecular weight excluding hydrogens is 342 g/mol. The molecule has 0 spiro atoms. The lowest BCUT2D eigenvalue weighted by Gasteiger charge is -2.38. The minimum absolute atomic E-state index is 0.0176. The summed E-state index contributed by atoms with van der Waals surface area (Å²) in [5, 5.41) is 2.81. The first-order chi connectivity index (χ1) is 12.9. The van der Waals surface area contributed by atoms with Gasteiger partial charge in [-0.1, -0.05) is 44.2 Å². The zero-order valence-corrected chi connectivity index (χ0v) is 17.0. The predicted octanol–water partition coefficient (Wildman–Crippen LogP) is 1.90. The number of methoxy groups -OCH3 is 1. The number of rotatable bonds is 8. The van der Waals surface area contributed by atoms with Crippen molar-refractivity contribution in [2.45, 2.75) is 45.3 Å². The Balaban J connectivity index is 1.88. The maximum atomic E-state index is 13.0. The fraction of sp³-hybridized carbons (Fsp3) is 0.619. The van der Waals surface area contributed by atoms with E-state index in [0.717, 1.165) is 32.5 Å². The van der Waals surface area contributed by atoms with Crippen LogP contribution in [0, 0.1) is 5.92 Å². The normalized spacial score (nSPS) is 16.9. The van der Waals surface area contributed by atoms with E-state index in [1.54, 1.807) is 0 Å². The van der Waals surface area contributed by atoms with Crippen molar-refractivity contribution in [3.63, 3.8) is 0 Å². The lowest BCUT2D eigenvalue weighted by Crippen LogP contribution is -2.54. The molecule has 1 aromatic carbocycles. The molecule has 1 atom stereocenters. The Morgan fingerprint density at radius 3 is 2.41 bits per heavy atom. The van der Waals surface area contributed by atoms with Gasteiger partial charge in [0.1, 0.15) is 12.6 Å². The number of benzene rings is 1. The minimum Gasteiger partial charge on any atom is -0.375 e. The fourth-order valence-electron chi connectivity index (χ4n) is 3.57. The number of nitrogens with zero attached hydrogens (tertiary/aromatic N) is 2. The molecule has 1 aliphatic heterocycles. The number of hydrogen-bond donors (Lipinski definition) is 1. The molecule has 0 saturated carbocycles. The van der Waals surface area contributed by atoms with Crippen molar-refractivity contribution in [2.75, 3.05) is 33.9 Å². The highest BCUT2D eigenvalue weighted by molar-refractivity contribution is 5.88. The molecule has 0 aliphatic carbocycles. The summed E-state index contributed by atoms with van der Waals surface area (Å²) in [6.07, 6.45) is 1.90. The highest BCUT2D eigenvalue weighted by atomic mass is 16.5. The van der Waals surface area contributed by atoms with Crippen LogP contribution in [0.25, 0.3) is 0 Å². The summed E-state index contributed by atoms with van der Waals surface area (Å²) in [4.78, 5) is 29.1. The summed E-state index contributed by atoms with van der Waals surface area (Å²) in [5.41, 5.74) is 1.32. The molecule has 2 rings (SSSR count). The number of amides is 2. The van der Waals surface area contributed by atoms with Gasteiger partial charge in [0.25, 0.3) is 0 Å². The smallest absolute Gasteiger partial charge is 0.246 e. The van der Waals surface area contributed by atoms with Crippen LogP contribution in [0.3, 0.4) is 0 Å². The molecule has 1 N–H and O–H groups in total. The monoisotopic (exact) mass is 375 g/mol. The van der Waals surface area contributed by atoms with Gasteiger partial charge in [0.05, 0.1) is 0 Å². The van der Waals surface area contributed by atoms with E-state index in [1.165, 1.54) is 12.7 Å². The Labute approximate surface area is 162 Å². The number of hydrogen-bond acceptors (Lipinski definition) is 4. The van der Waals surface area contributed by atoms with Crippen LogP contribution in [0.2, 0.25) is 0 Å². The number of nitrogens with one attached hydrogen (secondary N) is 1. The zero-order chi connectivity index (χ0) is 19.8. The maximum absolute atomic E-state index is 13.0. The van der Waals surface area contributed by atoms with Gasteiger partial charge < -0.3 is 15.0 Å². The lowest BCUT2D eigenvalue weighted by atomic mass is 9.98. The van der Waals surface area contributed by atoms with E-state index in [2.05, 4.69) is 34.5 Å². The largest absolute Gasteiger partial charge is 0.375 e. The third-order valence-electron chi connectivity index (χ3n) is 5.23. The molecule has 0 bridgehead atoms. The number of piperidine rings is 1. The summed E-state index contributed by atoms with van der Waals surface area (Å²) in [5.74, 6) is -0.245. The summed E-state index contributed by atoms with van der Waals surface area (Å²) in [6, 6.07) is 10.2. The van der Waals surface area contributed by atoms with E-state index >= 15 is 0 Å². The number of carbonyl (C=O) groups is 2. The molecule has 150 valence electrons. The van der Waals surface area contributed by atoms with Gasteiger partial charge in [-0.3, -0.25) is 14.5 Å². The van der Waals surface area contributed by atoms with Crippen molar-refractivity contribution in [3.05, 3.63) is 35.9 Å². The second-order valence-electron chi connectivity index (χ2n) is 7.66. The maximum Gasteiger partial charge on any atom is 0.246 e. The van der Waals surface area contributed by atoms with Crippen LogP contribution in [-0.2, 0) is 20.9 Å². The Bertz CT molecular complexity index is 598. The second-order valence-corrected chi connectivity index (χ2v) is 7.66. The molecule has 0 radical (unpaired) electrons. The van der Waals surface area contributed by atoms with E-state index in [-0.39, 0.29) is 30.4 Å². The second kappa shape index (κ2) is 10.4. The van der Waals surface area contributed by atoms with Crippen molar-refractivity contribution < 1.29 is 14.3 Å². The average Bonchev–Trinajstić information content (AvgIpc) is 2.66. The van der Waals surface area contributed by atoms with Crippen LogP contribution < -0.4 is 5.32 Å². The Morgan fingerprint density at radius 2 is 1.85 bits per heavy atom. The highest BCUT2D eigenvalue weighted by Gasteiger charge is 2.32. The van der Waals surface area contributed by atoms with Gasteiger partial charge in [-0.05, 0) is 24.3 Å². The molecular formula is C21H33N3O3. The quantitative estimate of drug-likeness (QED) is 0.754. The van der Waals surface area contributed by atoms with E-state index < -0.39 is 6.04 Å². The molecule has 0 unspecified atom stereocenters. The third kappa shape index (κ3) is 6.33. The summed E-state index contributed by atoms with van der Waals surface area (Å²) >= 11 is 0. The SMILES string of the molecule is COCC(=O)N[C@H](C(=O)N(C)C1CCN(Cc2ccccc2)CC1)C(C)C. The lowest BCUT2D eigenvalue weighted by molar-refractivity contribution is -0.140. The molecule has 6 nitrogen and oxygen atoms in total. The van der Waals surface area contributed by atoms with Crippen LogP contribution in [0.1, 0.15) is 32.3 Å². The van der Waals surface area contributed by atoms with E-state index in [0.29, 0.717) is 0 Å². The van der Waals surface area contributed by atoms with Crippen molar-refractivity contribution in [3.8, 4) is 0 Å². The van der Waals surface area contributed by atoms with Crippen LogP contribution in [0.5, 0.6) is 0 Å². The molecule has 2 amide bonds. The molecule has 0 aromatic heterocycles. The third-order valence-corrected chi connectivity index (χ3v) is 5.23. The average molecular weight is 376 g/mol. The number of carbonyl (C=O) groups excluding carboxylic acids is 2. The molecule has 27 heavy (non-hydrogen) atoms. The molecule has 1 saturated heterocycles. The van der Waals surface area contributed by atoms with Gasteiger partial charge in [-0.2, -0.15) is 0 Å². The van der Waals surface area contributed by atoms with Gasteiger partial charge in [0.15, 0.2) is 0 Å². The predicted molar refractivity (Wildman–Crippen MR) is 106 cm³/mol. The molecule has 1 aromatic rings.